The van der Waals surface area contributed by atoms with Crippen molar-refractivity contribution in [2.75, 3.05) is 5.73 Å². The third-order valence-corrected chi connectivity index (χ3v) is 1.47. The van der Waals surface area contributed by atoms with Gasteiger partial charge in [0.2, 0.25) is 0 Å². The smallest absolute Gasteiger partial charge is 0.198 e. The first-order valence-electron chi connectivity index (χ1n) is 3.82. The molecule has 1 rings (SSSR count). The van der Waals surface area contributed by atoms with Gasteiger partial charge in [0, 0.05) is 11.3 Å². The molecule has 14 heavy (non-hydrogen) atoms. The summed E-state index contributed by atoms with van der Waals surface area (Å²) in [6, 6.07) is 5.62. The van der Waals surface area contributed by atoms with E-state index in [0.717, 1.165) is 11.1 Å². The Morgan fingerprint density at radius 2 is 1.93 bits per heavy atom. The summed E-state index contributed by atoms with van der Waals surface area (Å²) in [7, 11) is -2.62. The maximum atomic E-state index is 8.81. The summed E-state index contributed by atoms with van der Waals surface area (Å²) in [5.41, 5.74) is 8.13. The van der Waals surface area contributed by atoms with Gasteiger partial charge < -0.3 is 10.8 Å². The molecule has 0 atom stereocenters. The van der Waals surface area contributed by atoms with Gasteiger partial charge in [-0.2, -0.15) is 0 Å². The van der Waals surface area contributed by atoms with E-state index >= 15 is 0 Å². The Labute approximate surface area is 84.4 Å². The van der Waals surface area contributed by atoms with Gasteiger partial charge in [-0.1, -0.05) is 17.7 Å². The molecule has 0 aliphatic heterocycles. The van der Waals surface area contributed by atoms with E-state index < -0.39 is 10.9 Å². The molecule has 0 aliphatic carbocycles. The topological polar surface area (TPSA) is 106 Å². The zero-order valence-electron chi connectivity index (χ0n) is 7.80. The van der Waals surface area contributed by atoms with E-state index in [1.165, 1.54) is 0 Å². The number of thiol groups is 1. The molecule has 0 bridgehead atoms. The minimum Gasteiger partial charge on any atom is -0.398 e. The highest BCUT2D eigenvalue weighted by Gasteiger charge is 1.95. The lowest BCUT2D eigenvalue weighted by Gasteiger charge is -2.01. The number of aliphatic hydroxyl groups is 1. The number of nitrogens with two attached hydrogens (primary N) is 2. The highest BCUT2D eigenvalue weighted by atomic mass is 32.2. The van der Waals surface area contributed by atoms with Gasteiger partial charge in [0.1, 0.15) is 0 Å². The first kappa shape index (κ1) is 12.9. The molecule has 0 aliphatic rings. The number of anilines is 1. The normalized spacial score (nSPS) is 9.43. The summed E-state index contributed by atoms with van der Waals surface area (Å²) in [6.45, 7) is 1.99. The summed E-state index contributed by atoms with van der Waals surface area (Å²) < 4.78 is 17.6. The van der Waals surface area contributed by atoms with Crippen molar-refractivity contribution >= 4 is 16.6 Å². The van der Waals surface area contributed by atoms with E-state index in [0.29, 0.717) is 5.69 Å². The van der Waals surface area contributed by atoms with Crippen molar-refractivity contribution in [3.8, 4) is 0 Å². The molecule has 6 heteroatoms. The number of nitrogen functional groups attached to an aromatic ring is 1. The fourth-order valence-corrected chi connectivity index (χ4v) is 0.871. The van der Waals surface area contributed by atoms with Crippen molar-refractivity contribution in [3.63, 3.8) is 0 Å². The van der Waals surface area contributed by atoms with Crippen LogP contribution in [-0.4, -0.2) is 13.5 Å². The van der Waals surface area contributed by atoms with Gasteiger partial charge in [0.25, 0.3) is 0 Å². The van der Waals surface area contributed by atoms with Gasteiger partial charge in [-0.3, -0.25) is 0 Å². The second kappa shape index (κ2) is 6.36. The second-order valence-electron chi connectivity index (χ2n) is 2.65. The van der Waals surface area contributed by atoms with Crippen molar-refractivity contribution in [1.29, 1.82) is 0 Å². The highest BCUT2D eigenvalue weighted by Crippen LogP contribution is 2.12. The van der Waals surface area contributed by atoms with Crippen LogP contribution >= 0.6 is 0 Å². The maximum Gasteiger partial charge on any atom is 0.198 e. The predicted octanol–water partition coefficient (Wildman–Crippen LogP) is -0.459. The van der Waals surface area contributed by atoms with E-state index in [2.05, 4.69) is 5.14 Å². The van der Waals surface area contributed by atoms with Gasteiger partial charge in [0.15, 0.2) is 10.9 Å². The molecule has 0 amide bonds. The van der Waals surface area contributed by atoms with Gasteiger partial charge in [0.05, 0.1) is 6.61 Å². The first-order chi connectivity index (χ1) is 6.47. The monoisotopic (exact) mass is 218 g/mol. The van der Waals surface area contributed by atoms with E-state index in [-0.39, 0.29) is 6.61 Å². The Kier molecular flexibility index (Phi) is 5.86. The summed E-state index contributed by atoms with van der Waals surface area (Å²) in [6.07, 6.45) is 0. The molecule has 0 unspecified atom stereocenters. The zero-order valence-corrected chi connectivity index (χ0v) is 8.70. The molecule has 0 saturated heterocycles. The third-order valence-electron chi connectivity index (χ3n) is 1.47. The number of hydrogen-bond donors (Lipinski definition) is 4. The average molecular weight is 218 g/mol. The number of aliphatic hydroxyl groups excluding tert-OH is 1. The van der Waals surface area contributed by atoms with Crippen LogP contribution < -0.4 is 10.9 Å². The molecule has 5 N–H and O–H groups in total. The lowest BCUT2D eigenvalue weighted by atomic mass is 10.1. The number of aryl methyl sites for hydroxylation is 1. The SMILES string of the molecule is Cc1ccc(N)c(CO)c1.N[SH](=O)=O. The highest BCUT2D eigenvalue weighted by molar-refractivity contribution is 7.69. The molecule has 1 aromatic carbocycles. The minimum atomic E-state index is -2.62. The minimum absolute atomic E-state index is 0.0213. The van der Waals surface area contributed by atoms with Crippen LogP contribution in [0.5, 0.6) is 0 Å². The summed E-state index contributed by atoms with van der Waals surface area (Å²) in [5, 5.41) is 12.8. The maximum absolute atomic E-state index is 8.81. The molecule has 0 aromatic heterocycles. The molecule has 0 spiro atoms. The quantitative estimate of drug-likeness (QED) is 0.378. The summed E-state index contributed by atoms with van der Waals surface area (Å²) >= 11 is 0. The number of benzene rings is 1. The Morgan fingerprint density at radius 3 is 2.29 bits per heavy atom. The van der Waals surface area contributed by atoms with E-state index in [1.54, 1.807) is 6.07 Å². The Hall–Kier alpha value is -1.11. The number of rotatable bonds is 1. The van der Waals surface area contributed by atoms with Crippen LogP contribution in [0.1, 0.15) is 11.1 Å². The van der Waals surface area contributed by atoms with Crippen molar-refractivity contribution < 1.29 is 13.5 Å². The Morgan fingerprint density at radius 1 is 1.43 bits per heavy atom. The Bertz CT molecular complexity index is 356. The van der Waals surface area contributed by atoms with E-state index in [9.17, 15) is 0 Å². The lowest BCUT2D eigenvalue weighted by molar-refractivity contribution is 0.282. The summed E-state index contributed by atoms with van der Waals surface area (Å²) in [5.74, 6) is 0. The van der Waals surface area contributed by atoms with Gasteiger partial charge in [-0.25, -0.2) is 13.6 Å². The molecule has 0 radical (unpaired) electrons. The first-order valence-corrected chi connectivity index (χ1v) is 5.07. The molecular formula is C8H14N2O3S. The van der Waals surface area contributed by atoms with Crippen LogP contribution in [0.3, 0.4) is 0 Å². The fraction of sp³-hybridized carbons (Fsp3) is 0.250. The molecule has 1 aromatic rings. The fourth-order valence-electron chi connectivity index (χ4n) is 0.871. The van der Waals surface area contributed by atoms with Gasteiger partial charge in [-0.15, -0.1) is 0 Å². The average Bonchev–Trinajstić information content (AvgIpc) is 2.08. The van der Waals surface area contributed by atoms with Gasteiger partial charge in [-0.05, 0) is 13.0 Å². The zero-order chi connectivity index (χ0) is 11.1. The summed E-state index contributed by atoms with van der Waals surface area (Å²) in [4.78, 5) is 0. The molecule has 80 valence electrons. The number of hydrogen-bond acceptors (Lipinski definition) is 4. The largest absolute Gasteiger partial charge is 0.398 e. The van der Waals surface area contributed by atoms with Crippen LogP contribution in [0.2, 0.25) is 0 Å². The molecule has 0 saturated carbocycles. The van der Waals surface area contributed by atoms with Crippen LogP contribution in [0.4, 0.5) is 5.69 Å². The predicted molar refractivity (Wildman–Crippen MR) is 56.0 cm³/mol. The molecular weight excluding hydrogens is 204 g/mol. The molecule has 0 fully saturated rings. The van der Waals surface area contributed by atoms with Crippen molar-refractivity contribution in [1.82, 2.24) is 0 Å². The van der Waals surface area contributed by atoms with Crippen LogP contribution in [0.25, 0.3) is 0 Å². The van der Waals surface area contributed by atoms with Crippen molar-refractivity contribution in [2.45, 2.75) is 13.5 Å². The Balaban J connectivity index is 0.000000364. The molecule has 0 heterocycles. The van der Waals surface area contributed by atoms with Crippen molar-refractivity contribution in [3.05, 3.63) is 29.3 Å². The van der Waals surface area contributed by atoms with Gasteiger partial charge >= 0.3 is 0 Å². The standard InChI is InChI=1S/C8H11NO.H3NO2S/c1-6-2-3-8(9)7(4-6)5-10;1-4(2)3/h2-4,10H,5,9H2,1H3;4H,(H2,1,2,3). The third kappa shape index (κ3) is 5.52. The molecule has 5 nitrogen and oxygen atoms in total. The second-order valence-corrected chi connectivity index (χ2v) is 3.22. The van der Waals surface area contributed by atoms with Crippen LogP contribution in [-0.2, 0) is 17.5 Å². The lowest BCUT2D eigenvalue weighted by Crippen LogP contribution is -1.93. The van der Waals surface area contributed by atoms with Crippen molar-refractivity contribution in [2.24, 2.45) is 5.14 Å². The van der Waals surface area contributed by atoms with Crippen LogP contribution in [0.15, 0.2) is 18.2 Å². The van der Waals surface area contributed by atoms with E-state index in [4.69, 9.17) is 19.3 Å². The van der Waals surface area contributed by atoms with E-state index in [1.807, 2.05) is 19.1 Å². The van der Waals surface area contributed by atoms with Crippen LogP contribution in [0, 0.1) is 6.92 Å².